The van der Waals surface area contributed by atoms with E-state index in [9.17, 15) is 0 Å². The SMILES string of the molecule is CCNC(c1cc(Br)cc2c1OCC2)C1COC(C)C1. The van der Waals surface area contributed by atoms with Crippen LogP contribution >= 0.6 is 15.9 Å². The standard InChI is InChI=1S/C16H22BrNO2/c1-3-18-15(12-6-10(2)20-9-12)14-8-13(17)7-11-4-5-19-16(11)14/h7-8,10,12,15,18H,3-6,9H2,1-2H3. The zero-order chi connectivity index (χ0) is 14.1. The van der Waals surface area contributed by atoms with Crippen molar-refractivity contribution < 1.29 is 9.47 Å². The number of fused-ring (bicyclic) bond motifs is 1. The van der Waals surface area contributed by atoms with E-state index in [4.69, 9.17) is 9.47 Å². The summed E-state index contributed by atoms with van der Waals surface area (Å²) in [5.41, 5.74) is 2.61. The molecule has 1 aromatic rings. The van der Waals surface area contributed by atoms with Crippen LogP contribution in [0, 0.1) is 5.92 Å². The highest BCUT2D eigenvalue weighted by atomic mass is 79.9. The predicted molar refractivity (Wildman–Crippen MR) is 83.3 cm³/mol. The largest absolute Gasteiger partial charge is 0.493 e. The topological polar surface area (TPSA) is 30.5 Å². The minimum absolute atomic E-state index is 0.314. The van der Waals surface area contributed by atoms with E-state index in [1.54, 1.807) is 0 Å². The first-order chi connectivity index (χ1) is 9.69. The Hall–Kier alpha value is -0.580. The van der Waals surface area contributed by atoms with Crippen molar-refractivity contribution in [2.45, 2.75) is 38.8 Å². The fourth-order valence-electron chi connectivity index (χ4n) is 3.36. The maximum absolute atomic E-state index is 5.90. The molecule has 0 amide bonds. The molecule has 110 valence electrons. The summed E-state index contributed by atoms with van der Waals surface area (Å²) in [7, 11) is 0. The Balaban J connectivity index is 1.95. The van der Waals surface area contributed by atoms with E-state index in [2.05, 4.69) is 47.2 Å². The van der Waals surface area contributed by atoms with Gasteiger partial charge in [-0.3, -0.25) is 0 Å². The third kappa shape index (κ3) is 2.74. The Labute approximate surface area is 129 Å². The van der Waals surface area contributed by atoms with E-state index >= 15 is 0 Å². The van der Waals surface area contributed by atoms with Gasteiger partial charge in [0.1, 0.15) is 5.75 Å². The van der Waals surface area contributed by atoms with E-state index < -0.39 is 0 Å². The molecule has 0 aliphatic carbocycles. The number of halogens is 1. The zero-order valence-corrected chi connectivity index (χ0v) is 13.7. The van der Waals surface area contributed by atoms with Gasteiger partial charge in [0, 0.05) is 28.4 Å². The summed E-state index contributed by atoms with van der Waals surface area (Å²) in [4.78, 5) is 0. The molecule has 2 heterocycles. The lowest BCUT2D eigenvalue weighted by Gasteiger charge is -2.26. The zero-order valence-electron chi connectivity index (χ0n) is 12.1. The lowest BCUT2D eigenvalue weighted by atomic mass is 9.89. The van der Waals surface area contributed by atoms with Gasteiger partial charge in [-0.1, -0.05) is 22.9 Å². The number of nitrogens with one attached hydrogen (secondary N) is 1. The first-order valence-electron chi connectivity index (χ1n) is 7.49. The quantitative estimate of drug-likeness (QED) is 0.911. The second kappa shape index (κ2) is 6.04. The van der Waals surface area contributed by atoms with Crippen molar-refractivity contribution in [3.63, 3.8) is 0 Å². The molecule has 1 N–H and O–H groups in total. The third-order valence-corrected chi connectivity index (χ3v) is 4.69. The smallest absolute Gasteiger partial charge is 0.127 e. The highest BCUT2D eigenvalue weighted by Gasteiger charge is 2.33. The molecule has 4 heteroatoms. The number of hydrogen-bond acceptors (Lipinski definition) is 3. The normalized spacial score (nSPS) is 26.4. The molecule has 0 radical (unpaired) electrons. The van der Waals surface area contributed by atoms with Gasteiger partial charge in [0.05, 0.1) is 19.3 Å². The van der Waals surface area contributed by atoms with E-state index in [0.29, 0.717) is 18.1 Å². The molecule has 3 nitrogen and oxygen atoms in total. The Kier molecular flexibility index (Phi) is 4.34. The molecule has 0 spiro atoms. The second-order valence-electron chi connectivity index (χ2n) is 5.76. The van der Waals surface area contributed by atoms with Crippen LogP contribution in [0.25, 0.3) is 0 Å². The average molecular weight is 340 g/mol. The fraction of sp³-hybridized carbons (Fsp3) is 0.625. The summed E-state index contributed by atoms with van der Waals surface area (Å²) in [6.07, 6.45) is 2.49. The molecular formula is C16H22BrNO2. The molecule has 20 heavy (non-hydrogen) atoms. The molecule has 3 atom stereocenters. The van der Waals surface area contributed by atoms with Crippen LogP contribution in [-0.2, 0) is 11.2 Å². The molecule has 1 fully saturated rings. The average Bonchev–Trinajstić information content (AvgIpc) is 3.03. The van der Waals surface area contributed by atoms with Gasteiger partial charge in [-0.05, 0) is 37.6 Å². The van der Waals surface area contributed by atoms with Gasteiger partial charge >= 0.3 is 0 Å². The molecule has 2 aliphatic rings. The van der Waals surface area contributed by atoms with E-state index in [-0.39, 0.29) is 0 Å². The van der Waals surface area contributed by atoms with Crippen LogP contribution in [0.2, 0.25) is 0 Å². The van der Waals surface area contributed by atoms with Crippen molar-refractivity contribution in [3.8, 4) is 5.75 Å². The fourth-order valence-corrected chi connectivity index (χ4v) is 3.88. The molecule has 0 saturated carbocycles. The number of benzene rings is 1. The lowest BCUT2D eigenvalue weighted by Crippen LogP contribution is -2.29. The summed E-state index contributed by atoms with van der Waals surface area (Å²) >= 11 is 3.64. The minimum atomic E-state index is 0.314. The van der Waals surface area contributed by atoms with Crippen molar-refractivity contribution >= 4 is 15.9 Å². The van der Waals surface area contributed by atoms with Crippen LogP contribution in [-0.4, -0.2) is 25.9 Å². The summed E-state index contributed by atoms with van der Waals surface area (Å²) in [5, 5.41) is 3.64. The molecule has 0 bridgehead atoms. The van der Waals surface area contributed by atoms with Crippen LogP contribution in [0.5, 0.6) is 5.75 Å². The number of hydrogen-bond donors (Lipinski definition) is 1. The van der Waals surface area contributed by atoms with Crippen molar-refractivity contribution in [2.75, 3.05) is 19.8 Å². The van der Waals surface area contributed by atoms with Gasteiger partial charge in [-0.2, -0.15) is 0 Å². The number of ether oxygens (including phenoxy) is 2. The molecular weight excluding hydrogens is 318 g/mol. The van der Waals surface area contributed by atoms with Crippen LogP contribution in [0.15, 0.2) is 16.6 Å². The Bertz CT molecular complexity index is 492. The Morgan fingerprint density at radius 3 is 3.00 bits per heavy atom. The Morgan fingerprint density at radius 1 is 1.45 bits per heavy atom. The summed E-state index contributed by atoms with van der Waals surface area (Å²) in [5.74, 6) is 1.62. The molecule has 2 aliphatic heterocycles. The highest BCUT2D eigenvalue weighted by molar-refractivity contribution is 9.10. The van der Waals surface area contributed by atoms with E-state index in [1.165, 1.54) is 11.1 Å². The summed E-state index contributed by atoms with van der Waals surface area (Å²) in [6, 6.07) is 4.71. The molecule has 1 saturated heterocycles. The van der Waals surface area contributed by atoms with Gasteiger partial charge < -0.3 is 14.8 Å². The van der Waals surface area contributed by atoms with Crippen molar-refractivity contribution in [2.24, 2.45) is 5.92 Å². The molecule has 3 rings (SSSR count). The highest BCUT2D eigenvalue weighted by Crippen LogP contribution is 2.41. The second-order valence-corrected chi connectivity index (χ2v) is 6.67. The lowest BCUT2D eigenvalue weighted by molar-refractivity contribution is 0.117. The first kappa shape index (κ1) is 14.4. The summed E-state index contributed by atoms with van der Waals surface area (Å²) in [6.45, 7) is 6.91. The van der Waals surface area contributed by atoms with E-state index in [1.807, 2.05) is 0 Å². The molecule has 0 aromatic heterocycles. The molecule has 3 unspecified atom stereocenters. The van der Waals surface area contributed by atoms with Crippen molar-refractivity contribution in [3.05, 3.63) is 27.7 Å². The van der Waals surface area contributed by atoms with Crippen LogP contribution in [0.4, 0.5) is 0 Å². The van der Waals surface area contributed by atoms with Crippen molar-refractivity contribution in [1.29, 1.82) is 0 Å². The maximum atomic E-state index is 5.90. The monoisotopic (exact) mass is 339 g/mol. The van der Waals surface area contributed by atoms with Gasteiger partial charge in [0.25, 0.3) is 0 Å². The minimum Gasteiger partial charge on any atom is -0.493 e. The van der Waals surface area contributed by atoms with Crippen LogP contribution in [0.3, 0.4) is 0 Å². The van der Waals surface area contributed by atoms with E-state index in [0.717, 1.165) is 42.8 Å². The number of rotatable bonds is 4. The van der Waals surface area contributed by atoms with Gasteiger partial charge in [0.15, 0.2) is 0 Å². The maximum Gasteiger partial charge on any atom is 0.127 e. The van der Waals surface area contributed by atoms with Crippen LogP contribution in [0.1, 0.15) is 37.4 Å². The first-order valence-corrected chi connectivity index (χ1v) is 8.28. The molecule has 1 aromatic carbocycles. The van der Waals surface area contributed by atoms with Gasteiger partial charge in [0.2, 0.25) is 0 Å². The Morgan fingerprint density at radius 2 is 2.30 bits per heavy atom. The van der Waals surface area contributed by atoms with Gasteiger partial charge in [-0.25, -0.2) is 0 Å². The summed E-state index contributed by atoms with van der Waals surface area (Å²) < 4.78 is 12.8. The van der Waals surface area contributed by atoms with Gasteiger partial charge in [-0.15, -0.1) is 0 Å². The van der Waals surface area contributed by atoms with Crippen molar-refractivity contribution in [1.82, 2.24) is 5.32 Å². The predicted octanol–water partition coefficient (Wildman–Crippen LogP) is 3.46. The third-order valence-electron chi connectivity index (χ3n) is 4.24. The van der Waals surface area contributed by atoms with Crippen LogP contribution < -0.4 is 10.1 Å².